The van der Waals surface area contributed by atoms with Crippen molar-refractivity contribution in [2.24, 2.45) is 0 Å². The number of nitrogens with zero attached hydrogens (tertiary/aromatic N) is 1. The van der Waals surface area contributed by atoms with E-state index in [1.807, 2.05) is 49.4 Å². The van der Waals surface area contributed by atoms with Gasteiger partial charge in [-0.15, -0.1) is 0 Å². The van der Waals surface area contributed by atoms with Gasteiger partial charge >= 0.3 is 0 Å². The Morgan fingerprint density at radius 3 is 2.23 bits per heavy atom. The minimum absolute atomic E-state index is 0.0714. The topological polar surface area (TPSA) is 54.0 Å². The summed E-state index contributed by atoms with van der Waals surface area (Å²) in [5.74, 6) is -0.181. The normalized spacial score (nSPS) is 11.7. The highest BCUT2D eigenvalue weighted by atomic mass is 16.1. The fraction of sp³-hybridized carbons (Fsp3) is 0.182. The number of carbonyl (C=O) groups excluding carboxylic acids is 1. The SMILES string of the molecule is Cc1cccc(C)c1Nc1ccc(C(=O)NC(C)c2ccccc2)nc1. The number of nitrogens with one attached hydrogen (secondary N) is 2. The number of hydrogen-bond acceptors (Lipinski definition) is 3. The average Bonchev–Trinajstić information content (AvgIpc) is 2.66. The van der Waals surface area contributed by atoms with Crippen molar-refractivity contribution in [3.05, 3.63) is 89.2 Å². The summed E-state index contributed by atoms with van der Waals surface area (Å²) in [5, 5.41) is 6.36. The summed E-state index contributed by atoms with van der Waals surface area (Å²) in [6.07, 6.45) is 1.69. The Morgan fingerprint density at radius 2 is 1.62 bits per heavy atom. The van der Waals surface area contributed by atoms with Gasteiger partial charge in [-0.25, -0.2) is 4.98 Å². The molecule has 26 heavy (non-hydrogen) atoms. The summed E-state index contributed by atoms with van der Waals surface area (Å²) in [6.45, 7) is 6.09. The van der Waals surface area contributed by atoms with Gasteiger partial charge in [-0.1, -0.05) is 48.5 Å². The van der Waals surface area contributed by atoms with Crippen LogP contribution < -0.4 is 10.6 Å². The Hall–Kier alpha value is -3.14. The van der Waals surface area contributed by atoms with Crippen LogP contribution in [0.25, 0.3) is 0 Å². The summed E-state index contributed by atoms with van der Waals surface area (Å²) in [4.78, 5) is 16.7. The summed E-state index contributed by atoms with van der Waals surface area (Å²) in [7, 11) is 0. The number of aryl methyl sites for hydroxylation is 2. The fourth-order valence-electron chi connectivity index (χ4n) is 2.85. The van der Waals surface area contributed by atoms with Crippen molar-refractivity contribution in [2.75, 3.05) is 5.32 Å². The summed E-state index contributed by atoms with van der Waals surface area (Å²) < 4.78 is 0. The van der Waals surface area contributed by atoms with E-state index in [0.717, 1.165) is 16.9 Å². The van der Waals surface area contributed by atoms with Gasteiger partial charge in [-0.2, -0.15) is 0 Å². The zero-order chi connectivity index (χ0) is 18.5. The summed E-state index contributed by atoms with van der Waals surface area (Å²) >= 11 is 0. The average molecular weight is 345 g/mol. The number of benzene rings is 2. The lowest BCUT2D eigenvalue weighted by molar-refractivity contribution is 0.0935. The highest BCUT2D eigenvalue weighted by molar-refractivity contribution is 5.92. The molecule has 3 rings (SSSR count). The number of amides is 1. The zero-order valence-electron chi connectivity index (χ0n) is 15.3. The first-order chi connectivity index (χ1) is 12.5. The second-order valence-electron chi connectivity index (χ2n) is 6.43. The predicted molar refractivity (Wildman–Crippen MR) is 106 cm³/mol. The molecule has 2 aromatic carbocycles. The summed E-state index contributed by atoms with van der Waals surface area (Å²) in [5.41, 5.74) is 5.74. The van der Waals surface area contributed by atoms with Crippen LogP contribution in [-0.4, -0.2) is 10.9 Å². The first-order valence-electron chi connectivity index (χ1n) is 8.69. The van der Waals surface area contributed by atoms with E-state index in [1.165, 1.54) is 11.1 Å². The molecule has 1 amide bonds. The van der Waals surface area contributed by atoms with Crippen LogP contribution in [0.1, 0.15) is 40.1 Å². The third-order valence-electron chi connectivity index (χ3n) is 4.39. The molecule has 0 saturated carbocycles. The minimum atomic E-state index is -0.181. The maximum atomic E-state index is 12.4. The molecule has 0 fully saturated rings. The van der Waals surface area contributed by atoms with Crippen molar-refractivity contribution in [3.63, 3.8) is 0 Å². The number of hydrogen-bond donors (Lipinski definition) is 2. The van der Waals surface area contributed by atoms with Crippen molar-refractivity contribution in [1.82, 2.24) is 10.3 Å². The van der Waals surface area contributed by atoms with E-state index in [9.17, 15) is 4.79 Å². The van der Waals surface area contributed by atoms with Crippen LogP contribution in [0.5, 0.6) is 0 Å². The molecule has 4 heteroatoms. The molecule has 0 aliphatic heterocycles. The second-order valence-corrected chi connectivity index (χ2v) is 6.43. The van der Waals surface area contributed by atoms with Gasteiger partial charge < -0.3 is 10.6 Å². The lowest BCUT2D eigenvalue weighted by atomic mass is 10.1. The van der Waals surface area contributed by atoms with Crippen LogP contribution >= 0.6 is 0 Å². The highest BCUT2D eigenvalue weighted by Gasteiger charge is 2.12. The van der Waals surface area contributed by atoms with Crippen LogP contribution in [0.2, 0.25) is 0 Å². The van der Waals surface area contributed by atoms with E-state index in [-0.39, 0.29) is 11.9 Å². The smallest absolute Gasteiger partial charge is 0.270 e. The van der Waals surface area contributed by atoms with Crippen molar-refractivity contribution >= 4 is 17.3 Å². The number of carbonyl (C=O) groups is 1. The number of anilines is 2. The molecular weight excluding hydrogens is 322 g/mol. The molecule has 0 aliphatic rings. The highest BCUT2D eigenvalue weighted by Crippen LogP contribution is 2.24. The van der Waals surface area contributed by atoms with Gasteiger partial charge in [0.15, 0.2) is 0 Å². The summed E-state index contributed by atoms with van der Waals surface area (Å²) in [6, 6.07) is 19.6. The number of rotatable bonds is 5. The van der Waals surface area contributed by atoms with Crippen molar-refractivity contribution < 1.29 is 4.79 Å². The third kappa shape index (κ3) is 4.09. The Labute approximate surface area is 154 Å². The maximum absolute atomic E-state index is 12.4. The molecule has 0 aliphatic carbocycles. The van der Waals surface area contributed by atoms with Crippen molar-refractivity contribution in [2.45, 2.75) is 26.8 Å². The molecule has 0 spiro atoms. The van der Waals surface area contributed by atoms with E-state index in [2.05, 4.69) is 41.6 Å². The molecule has 1 atom stereocenters. The molecule has 0 saturated heterocycles. The van der Waals surface area contributed by atoms with Crippen LogP contribution in [0.15, 0.2) is 66.9 Å². The lowest BCUT2D eigenvalue weighted by Gasteiger charge is -2.15. The number of aromatic nitrogens is 1. The Kier molecular flexibility index (Phi) is 5.32. The first-order valence-corrected chi connectivity index (χ1v) is 8.69. The van der Waals surface area contributed by atoms with Crippen molar-refractivity contribution in [3.8, 4) is 0 Å². The largest absolute Gasteiger partial charge is 0.354 e. The van der Waals surface area contributed by atoms with Gasteiger partial charge in [0, 0.05) is 5.69 Å². The van der Waals surface area contributed by atoms with E-state index in [4.69, 9.17) is 0 Å². The molecule has 0 bridgehead atoms. The lowest BCUT2D eigenvalue weighted by Crippen LogP contribution is -2.27. The zero-order valence-corrected chi connectivity index (χ0v) is 15.3. The van der Waals surface area contributed by atoms with Crippen molar-refractivity contribution in [1.29, 1.82) is 0 Å². The molecule has 2 N–H and O–H groups in total. The predicted octanol–water partition coefficient (Wildman–Crippen LogP) is 4.93. The molecule has 0 radical (unpaired) electrons. The molecule has 4 nitrogen and oxygen atoms in total. The van der Waals surface area contributed by atoms with Crippen LogP contribution in [0, 0.1) is 13.8 Å². The molecule has 132 valence electrons. The monoisotopic (exact) mass is 345 g/mol. The van der Waals surface area contributed by atoms with E-state index >= 15 is 0 Å². The van der Waals surface area contributed by atoms with Crippen LogP contribution in [-0.2, 0) is 0 Å². The van der Waals surface area contributed by atoms with Gasteiger partial charge in [-0.3, -0.25) is 4.79 Å². The molecule has 1 aromatic heterocycles. The van der Waals surface area contributed by atoms with Crippen LogP contribution in [0.4, 0.5) is 11.4 Å². The molecule has 1 heterocycles. The number of pyridine rings is 1. The Bertz CT molecular complexity index is 869. The molecular formula is C22H23N3O. The van der Waals surface area contributed by atoms with Gasteiger partial charge in [0.25, 0.3) is 5.91 Å². The van der Waals surface area contributed by atoms with E-state index in [0.29, 0.717) is 5.69 Å². The quantitative estimate of drug-likeness (QED) is 0.689. The second kappa shape index (κ2) is 7.83. The van der Waals surface area contributed by atoms with Gasteiger partial charge in [0.1, 0.15) is 5.69 Å². The van der Waals surface area contributed by atoms with Crippen LogP contribution in [0.3, 0.4) is 0 Å². The third-order valence-corrected chi connectivity index (χ3v) is 4.39. The molecule has 1 unspecified atom stereocenters. The fourth-order valence-corrected chi connectivity index (χ4v) is 2.85. The van der Waals surface area contributed by atoms with E-state index < -0.39 is 0 Å². The maximum Gasteiger partial charge on any atom is 0.270 e. The minimum Gasteiger partial charge on any atom is -0.354 e. The Balaban J connectivity index is 1.68. The first kappa shape index (κ1) is 17.7. The number of para-hydroxylation sites is 1. The Morgan fingerprint density at radius 1 is 0.923 bits per heavy atom. The van der Waals surface area contributed by atoms with E-state index in [1.54, 1.807) is 12.3 Å². The van der Waals surface area contributed by atoms with Gasteiger partial charge in [-0.05, 0) is 49.6 Å². The van der Waals surface area contributed by atoms with Gasteiger partial charge in [0.05, 0.1) is 17.9 Å². The van der Waals surface area contributed by atoms with Gasteiger partial charge in [0.2, 0.25) is 0 Å². The standard InChI is InChI=1S/C22H23N3O/c1-15-8-7-9-16(2)21(15)25-19-12-13-20(23-14-19)22(26)24-17(3)18-10-5-4-6-11-18/h4-14,17,25H,1-3H3,(H,24,26). The molecule has 3 aromatic rings.